The highest BCUT2D eigenvalue weighted by molar-refractivity contribution is 9.11. The molecule has 11 heteroatoms. The van der Waals surface area contributed by atoms with Gasteiger partial charge in [-0.3, -0.25) is 19.6 Å². The van der Waals surface area contributed by atoms with E-state index in [2.05, 4.69) is 32.7 Å². The number of amides is 3. The van der Waals surface area contributed by atoms with Crippen LogP contribution in [0.4, 0.5) is 5.13 Å². The molecule has 0 unspecified atom stereocenters. The molecule has 3 rings (SSSR count). The molecule has 2 fully saturated rings. The summed E-state index contributed by atoms with van der Waals surface area (Å²) in [4.78, 5) is 47.6. The molecule has 9 nitrogen and oxygen atoms in total. The maximum atomic E-state index is 13.3. The first-order valence-corrected chi connectivity index (χ1v) is 12.9. The van der Waals surface area contributed by atoms with Gasteiger partial charge < -0.3 is 14.7 Å². The standard InChI is InChI=1S/C21H32BrN5O4S/c1-2-3-4-6-16(14-26(31)15-28)19(29)27-8-5-7-17(27)20(30)24-9-11-25(12-10-24)21-23-13-18(22)32-21/h13,15-17,31H,2-12,14H2,1H3/t16-,17+/m1/s1. The van der Waals surface area contributed by atoms with Gasteiger partial charge in [-0.2, -0.15) is 0 Å². The second-order valence-electron chi connectivity index (χ2n) is 8.37. The van der Waals surface area contributed by atoms with E-state index in [1.807, 2.05) is 4.90 Å². The zero-order chi connectivity index (χ0) is 23.1. The summed E-state index contributed by atoms with van der Waals surface area (Å²) in [6, 6.07) is -0.458. The van der Waals surface area contributed by atoms with Gasteiger partial charge >= 0.3 is 0 Å². The number of piperazine rings is 1. The number of carbonyl (C=O) groups excluding carboxylic acids is 3. The lowest BCUT2D eigenvalue weighted by Gasteiger charge is -2.37. The van der Waals surface area contributed by atoms with Gasteiger partial charge in [-0.1, -0.05) is 37.5 Å². The summed E-state index contributed by atoms with van der Waals surface area (Å²) in [7, 11) is 0. The molecule has 2 aliphatic rings. The molecule has 0 radical (unpaired) electrons. The molecule has 178 valence electrons. The summed E-state index contributed by atoms with van der Waals surface area (Å²) in [5, 5.41) is 11.2. The molecular formula is C21H32BrN5O4S. The number of carbonyl (C=O) groups is 3. The Morgan fingerprint density at radius 1 is 1.31 bits per heavy atom. The number of hydrogen-bond donors (Lipinski definition) is 1. The largest absolute Gasteiger partial charge is 0.345 e. The van der Waals surface area contributed by atoms with Gasteiger partial charge in [-0.15, -0.1) is 0 Å². The van der Waals surface area contributed by atoms with E-state index in [1.165, 1.54) is 0 Å². The van der Waals surface area contributed by atoms with Crippen LogP contribution >= 0.6 is 27.3 Å². The number of hydroxylamine groups is 2. The van der Waals surface area contributed by atoms with E-state index in [9.17, 15) is 19.6 Å². The van der Waals surface area contributed by atoms with Crippen LogP contribution in [0.1, 0.15) is 45.4 Å². The average molecular weight is 530 g/mol. The van der Waals surface area contributed by atoms with Crippen molar-refractivity contribution in [3.8, 4) is 0 Å². The predicted octanol–water partition coefficient (Wildman–Crippen LogP) is 2.59. The third-order valence-electron chi connectivity index (χ3n) is 6.18. The summed E-state index contributed by atoms with van der Waals surface area (Å²) in [6.07, 6.45) is 7.00. The van der Waals surface area contributed by atoms with Gasteiger partial charge in [0.25, 0.3) is 0 Å². The van der Waals surface area contributed by atoms with Gasteiger partial charge in [0.15, 0.2) is 5.13 Å². The fourth-order valence-corrected chi connectivity index (χ4v) is 5.68. The van der Waals surface area contributed by atoms with Crippen LogP contribution in [-0.2, 0) is 14.4 Å². The van der Waals surface area contributed by atoms with E-state index in [-0.39, 0.29) is 18.4 Å². The second-order valence-corrected chi connectivity index (χ2v) is 10.8. The smallest absolute Gasteiger partial charge is 0.245 e. The highest BCUT2D eigenvalue weighted by Gasteiger charge is 2.39. The van der Waals surface area contributed by atoms with E-state index in [4.69, 9.17) is 0 Å². The number of rotatable bonds is 10. The summed E-state index contributed by atoms with van der Waals surface area (Å²) in [6.45, 7) is 5.22. The normalized spacial score (nSPS) is 19.8. The Labute approximate surface area is 201 Å². The van der Waals surface area contributed by atoms with Crippen molar-refractivity contribution in [1.82, 2.24) is 19.8 Å². The van der Waals surface area contributed by atoms with Crippen molar-refractivity contribution in [2.45, 2.75) is 51.5 Å². The molecule has 0 aliphatic carbocycles. The van der Waals surface area contributed by atoms with Crippen LogP contribution < -0.4 is 4.90 Å². The van der Waals surface area contributed by atoms with Crippen LogP contribution in [0.25, 0.3) is 0 Å². The Kier molecular flexibility index (Phi) is 9.30. The minimum absolute atomic E-state index is 0.000584. The summed E-state index contributed by atoms with van der Waals surface area (Å²) in [5.74, 6) is -0.631. The van der Waals surface area contributed by atoms with Gasteiger partial charge in [-0.25, -0.2) is 10.0 Å². The molecule has 1 N–H and O–H groups in total. The Morgan fingerprint density at radius 3 is 2.69 bits per heavy atom. The zero-order valence-electron chi connectivity index (χ0n) is 18.5. The van der Waals surface area contributed by atoms with Crippen LogP contribution in [0.2, 0.25) is 0 Å². The van der Waals surface area contributed by atoms with Crippen LogP contribution in [0.15, 0.2) is 9.98 Å². The third-order valence-corrected chi connectivity index (χ3v) is 7.72. The summed E-state index contributed by atoms with van der Waals surface area (Å²) >= 11 is 5.02. The van der Waals surface area contributed by atoms with Gasteiger partial charge in [0.2, 0.25) is 18.2 Å². The van der Waals surface area contributed by atoms with E-state index >= 15 is 0 Å². The molecule has 3 amide bonds. The molecule has 0 bridgehead atoms. The van der Waals surface area contributed by atoms with Gasteiger partial charge in [0.1, 0.15) is 6.04 Å². The van der Waals surface area contributed by atoms with Crippen molar-refractivity contribution in [1.29, 1.82) is 0 Å². The van der Waals surface area contributed by atoms with Crippen LogP contribution in [0, 0.1) is 5.92 Å². The number of likely N-dealkylation sites (tertiary alicyclic amines) is 1. The Balaban J connectivity index is 1.60. The fraction of sp³-hybridized carbons (Fsp3) is 0.714. The monoisotopic (exact) mass is 529 g/mol. The van der Waals surface area contributed by atoms with E-state index in [0.717, 1.165) is 34.6 Å². The molecule has 2 atom stereocenters. The fourth-order valence-electron chi connectivity index (χ4n) is 4.45. The van der Waals surface area contributed by atoms with Crippen molar-refractivity contribution in [2.75, 3.05) is 44.2 Å². The number of aromatic nitrogens is 1. The summed E-state index contributed by atoms with van der Waals surface area (Å²) in [5.41, 5.74) is 0. The van der Waals surface area contributed by atoms with Gasteiger partial charge in [-0.05, 0) is 35.2 Å². The number of unbranched alkanes of at least 4 members (excludes halogenated alkanes) is 2. The molecule has 1 aromatic rings. The molecule has 1 aromatic heterocycles. The maximum absolute atomic E-state index is 13.3. The van der Waals surface area contributed by atoms with Gasteiger partial charge in [0.05, 0.1) is 22.4 Å². The molecule has 32 heavy (non-hydrogen) atoms. The molecule has 3 heterocycles. The molecule has 0 spiro atoms. The maximum Gasteiger partial charge on any atom is 0.245 e. The van der Waals surface area contributed by atoms with Crippen molar-refractivity contribution < 1.29 is 19.6 Å². The first kappa shape index (κ1) is 24.9. The third kappa shape index (κ3) is 6.20. The highest BCUT2D eigenvalue weighted by atomic mass is 79.9. The van der Waals surface area contributed by atoms with Gasteiger partial charge in [0, 0.05) is 32.7 Å². The second kappa shape index (κ2) is 11.9. The minimum atomic E-state index is -0.495. The lowest BCUT2D eigenvalue weighted by Crippen LogP contribution is -2.55. The van der Waals surface area contributed by atoms with Crippen LogP contribution in [0.5, 0.6) is 0 Å². The number of halogens is 1. The zero-order valence-corrected chi connectivity index (χ0v) is 20.9. The molecule has 2 aliphatic heterocycles. The Bertz CT molecular complexity index is 786. The lowest BCUT2D eigenvalue weighted by molar-refractivity contribution is -0.158. The topological polar surface area (TPSA) is 97.3 Å². The average Bonchev–Trinajstić information content (AvgIpc) is 3.47. The minimum Gasteiger partial charge on any atom is -0.345 e. The summed E-state index contributed by atoms with van der Waals surface area (Å²) < 4.78 is 0.982. The van der Waals surface area contributed by atoms with E-state index in [1.54, 1.807) is 22.4 Å². The van der Waals surface area contributed by atoms with Crippen molar-refractivity contribution in [2.24, 2.45) is 5.92 Å². The molecule has 0 saturated carbocycles. The van der Waals surface area contributed by atoms with Crippen molar-refractivity contribution in [3.05, 3.63) is 9.98 Å². The van der Waals surface area contributed by atoms with Crippen LogP contribution in [0.3, 0.4) is 0 Å². The first-order valence-electron chi connectivity index (χ1n) is 11.3. The molecule has 0 aromatic carbocycles. The lowest BCUT2D eigenvalue weighted by atomic mass is 9.98. The number of nitrogens with zero attached hydrogens (tertiary/aromatic N) is 5. The number of thiazole rings is 1. The molecular weight excluding hydrogens is 498 g/mol. The Morgan fingerprint density at radius 2 is 2.06 bits per heavy atom. The molecule has 2 saturated heterocycles. The van der Waals surface area contributed by atoms with Crippen LogP contribution in [-0.4, -0.2) is 88.6 Å². The number of hydrogen-bond acceptors (Lipinski definition) is 7. The number of anilines is 1. The van der Waals surface area contributed by atoms with Crippen molar-refractivity contribution in [3.63, 3.8) is 0 Å². The SMILES string of the molecule is CCCCC[C@H](CN(O)C=O)C(=O)N1CCC[C@H]1C(=O)N1CCN(c2ncc(Br)s2)CC1. The quantitative estimate of drug-likeness (QED) is 0.216. The highest BCUT2D eigenvalue weighted by Crippen LogP contribution is 2.28. The van der Waals surface area contributed by atoms with E-state index < -0.39 is 12.0 Å². The first-order chi connectivity index (χ1) is 15.4. The van der Waals surface area contributed by atoms with E-state index in [0.29, 0.717) is 57.0 Å². The Hall–Kier alpha value is -1.72. The predicted molar refractivity (Wildman–Crippen MR) is 126 cm³/mol. The van der Waals surface area contributed by atoms with Crippen molar-refractivity contribution >= 4 is 50.6 Å².